The SMILES string of the molecule is CNc1nccc(Sc2nc(CO)c(N3CCC4(CCC[C@H]4N)CC3)nc2C)c1Cl. The summed E-state index contributed by atoms with van der Waals surface area (Å²) >= 11 is 7.89. The highest BCUT2D eigenvalue weighted by molar-refractivity contribution is 7.99. The Hall–Kier alpha value is -1.61. The lowest BCUT2D eigenvalue weighted by atomic mass is 9.74. The smallest absolute Gasteiger partial charge is 0.153 e. The van der Waals surface area contributed by atoms with Gasteiger partial charge in [-0.15, -0.1) is 0 Å². The molecule has 4 rings (SSSR count). The van der Waals surface area contributed by atoms with Crippen molar-refractivity contribution in [3.63, 3.8) is 0 Å². The zero-order chi connectivity index (χ0) is 21.3. The molecule has 2 fully saturated rings. The van der Waals surface area contributed by atoms with E-state index in [-0.39, 0.29) is 12.0 Å². The van der Waals surface area contributed by atoms with Gasteiger partial charge in [-0.1, -0.05) is 29.8 Å². The van der Waals surface area contributed by atoms with Crippen molar-refractivity contribution in [2.75, 3.05) is 30.4 Å². The molecule has 9 heteroatoms. The molecule has 3 heterocycles. The van der Waals surface area contributed by atoms with Crippen molar-refractivity contribution in [2.24, 2.45) is 11.1 Å². The van der Waals surface area contributed by atoms with Crippen LogP contribution in [0.1, 0.15) is 43.5 Å². The maximum Gasteiger partial charge on any atom is 0.153 e. The average Bonchev–Trinajstić information content (AvgIpc) is 3.10. The predicted octanol–water partition coefficient (Wildman–Crippen LogP) is 3.62. The van der Waals surface area contributed by atoms with Gasteiger partial charge >= 0.3 is 0 Å². The number of rotatable bonds is 5. The Labute approximate surface area is 186 Å². The zero-order valence-corrected chi connectivity index (χ0v) is 19.1. The van der Waals surface area contributed by atoms with Gasteiger partial charge in [-0.05, 0) is 44.1 Å². The molecule has 7 nitrogen and oxygen atoms in total. The number of aliphatic hydroxyl groups excluding tert-OH is 1. The summed E-state index contributed by atoms with van der Waals surface area (Å²) in [6, 6.07) is 2.17. The summed E-state index contributed by atoms with van der Waals surface area (Å²) in [5, 5.41) is 14.3. The molecule has 30 heavy (non-hydrogen) atoms. The van der Waals surface area contributed by atoms with Crippen LogP contribution in [0.25, 0.3) is 0 Å². The summed E-state index contributed by atoms with van der Waals surface area (Å²) in [5.41, 5.74) is 8.14. The van der Waals surface area contributed by atoms with E-state index in [1.54, 1.807) is 13.2 Å². The third-order valence-electron chi connectivity index (χ3n) is 6.56. The molecule has 0 aromatic carbocycles. The number of nitrogens with one attached hydrogen (secondary N) is 1. The number of halogens is 1. The lowest BCUT2D eigenvalue weighted by Crippen LogP contribution is -2.47. The molecule has 0 radical (unpaired) electrons. The van der Waals surface area contributed by atoms with Gasteiger partial charge in [-0.3, -0.25) is 0 Å². The molecule has 1 spiro atoms. The van der Waals surface area contributed by atoms with Gasteiger partial charge in [0.15, 0.2) is 5.82 Å². The van der Waals surface area contributed by atoms with Crippen LogP contribution in [0.15, 0.2) is 22.2 Å². The van der Waals surface area contributed by atoms with Crippen LogP contribution >= 0.6 is 23.4 Å². The van der Waals surface area contributed by atoms with Crippen LogP contribution in [0.5, 0.6) is 0 Å². The topological polar surface area (TPSA) is 100 Å². The van der Waals surface area contributed by atoms with Gasteiger partial charge in [0, 0.05) is 37.3 Å². The molecule has 1 saturated heterocycles. The molecule has 0 bridgehead atoms. The Morgan fingerprint density at radius 3 is 2.73 bits per heavy atom. The number of hydrogen-bond acceptors (Lipinski definition) is 8. The van der Waals surface area contributed by atoms with Gasteiger partial charge in [0.05, 0.1) is 17.3 Å². The first-order valence-electron chi connectivity index (χ1n) is 10.5. The molecule has 162 valence electrons. The fourth-order valence-electron chi connectivity index (χ4n) is 4.71. The molecule has 0 amide bonds. The summed E-state index contributed by atoms with van der Waals surface area (Å²) in [4.78, 5) is 16.9. The van der Waals surface area contributed by atoms with Crippen molar-refractivity contribution < 1.29 is 5.11 Å². The van der Waals surface area contributed by atoms with E-state index in [1.165, 1.54) is 24.6 Å². The van der Waals surface area contributed by atoms with E-state index in [0.29, 0.717) is 22.6 Å². The average molecular weight is 449 g/mol. The van der Waals surface area contributed by atoms with Gasteiger partial charge in [-0.2, -0.15) is 0 Å². The van der Waals surface area contributed by atoms with Crippen molar-refractivity contribution in [3.8, 4) is 0 Å². The number of aryl methyl sites for hydroxylation is 1. The third kappa shape index (κ3) is 3.98. The highest BCUT2D eigenvalue weighted by Crippen LogP contribution is 2.46. The first-order chi connectivity index (χ1) is 14.5. The highest BCUT2D eigenvalue weighted by Gasteiger charge is 2.43. The maximum absolute atomic E-state index is 10.0. The van der Waals surface area contributed by atoms with E-state index in [1.807, 2.05) is 13.0 Å². The summed E-state index contributed by atoms with van der Waals surface area (Å²) < 4.78 is 0. The first-order valence-corrected chi connectivity index (χ1v) is 11.7. The van der Waals surface area contributed by atoms with E-state index < -0.39 is 0 Å². The van der Waals surface area contributed by atoms with Gasteiger partial charge in [-0.25, -0.2) is 15.0 Å². The van der Waals surface area contributed by atoms with Crippen LogP contribution in [-0.4, -0.2) is 46.2 Å². The van der Waals surface area contributed by atoms with Crippen molar-refractivity contribution in [1.29, 1.82) is 0 Å². The van der Waals surface area contributed by atoms with Crippen molar-refractivity contribution in [3.05, 3.63) is 28.7 Å². The molecule has 0 unspecified atom stereocenters. The highest BCUT2D eigenvalue weighted by atomic mass is 35.5. The Balaban J connectivity index is 1.56. The second-order valence-electron chi connectivity index (χ2n) is 8.21. The fourth-order valence-corrected chi connectivity index (χ4v) is 5.91. The lowest BCUT2D eigenvalue weighted by Gasteiger charge is -2.42. The largest absolute Gasteiger partial charge is 0.390 e. The van der Waals surface area contributed by atoms with E-state index >= 15 is 0 Å². The Morgan fingerprint density at radius 2 is 2.10 bits per heavy atom. The number of nitrogens with zero attached hydrogens (tertiary/aromatic N) is 4. The van der Waals surface area contributed by atoms with Crippen LogP contribution in [0, 0.1) is 12.3 Å². The van der Waals surface area contributed by atoms with Crippen LogP contribution in [0.4, 0.5) is 11.6 Å². The standard InChI is InChI=1S/C21H29ClN6OS/c1-13-20(30-15-5-9-25-18(24-2)17(15)22)27-14(12-29)19(26-13)28-10-7-21(8-11-28)6-3-4-16(21)23/h5,9,16,29H,3-4,6-8,10-12,23H2,1-2H3,(H,24,25)/t16-/m1/s1. The maximum atomic E-state index is 10.0. The van der Waals surface area contributed by atoms with Crippen molar-refractivity contribution >= 4 is 35.0 Å². The molecular formula is C21H29ClN6OS. The minimum absolute atomic E-state index is 0.150. The van der Waals surface area contributed by atoms with Gasteiger partial charge in [0.1, 0.15) is 16.5 Å². The van der Waals surface area contributed by atoms with Crippen LogP contribution in [0.3, 0.4) is 0 Å². The molecule has 2 aromatic heterocycles. The molecule has 2 aliphatic rings. The fraction of sp³-hybridized carbons (Fsp3) is 0.571. The van der Waals surface area contributed by atoms with Gasteiger partial charge < -0.3 is 21.1 Å². The third-order valence-corrected chi connectivity index (χ3v) is 8.19. The number of pyridine rings is 1. The van der Waals surface area contributed by atoms with Crippen molar-refractivity contribution in [1.82, 2.24) is 15.0 Å². The van der Waals surface area contributed by atoms with E-state index in [9.17, 15) is 5.11 Å². The number of aromatic nitrogens is 3. The van der Waals surface area contributed by atoms with E-state index in [2.05, 4.69) is 15.2 Å². The second-order valence-corrected chi connectivity index (χ2v) is 9.62. The summed E-state index contributed by atoms with van der Waals surface area (Å²) in [5.74, 6) is 1.41. The summed E-state index contributed by atoms with van der Waals surface area (Å²) in [7, 11) is 1.79. The quantitative estimate of drug-likeness (QED) is 0.637. The van der Waals surface area contributed by atoms with Crippen molar-refractivity contribution in [2.45, 2.75) is 61.6 Å². The molecule has 2 aromatic rings. The second kappa shape index (κ2) is 8.86. The Kier molecular flexibility index (Phi) is 6.39. The Morgan fingerprint density at radius 1 is 1.33 bits per heavy atom. The number of hydrogen-bond donors (Lipinski definition) is 3. The van der Waals surface area contributed by atoms with Crippen LogP contribution in [-0.2, 0) is 6.61 Å². The molecular weight excluding hydrogens is 420 g/mol. The normalized spacial score (nSPS) is 20.7. The van der Waals surface area contributed by atoms with E-state index in [0.717, 1.165) is 53.8 Å². The molecule has 4 N–H and O–H groups in total. The number of anilines is 2. The molecule has 1 aliphatic heterocycles. The molecule has 1 aliphatic carbocycles. The zero-order valence-electron chi connectivity index (χ0n) is 17.5. The predicted molar refractivity (Wildman–Crippen MR) is 121 cm³/mol. The number of aliphatic hydroxyl groups is 1. The number of nitrogens with two attached hydrogens (primary N) is 1. The number of piperidine rings is 1. The van der Waals surface area contributed by atoms with Crippen LogP contribution in [0.2, 0.25) is 5.02 Å². The van der Waals surface area contributed by atoms with Gasteiger partial charge in [0.2, 0.25) is 0 Å². The monoisotopic (exact) mass is 448 g/mol. The van der Waals surface area contributed by atoms with E-state index in [4.69, 9.17) is 27.3 Å². The lowest BCUT2D eigenvalue weighted by molar-refractivity contribution is 0.196. The molecule has 1 saturated carbocycles. The minimum Gasteiger partial charge on any atom is -0.390 e. The minimum atomic E-state index is -0.150. The van der Waals surface area contributed by atoms with Crippen LogP contribution < -0.4 is 16.0 Å². The molecule has 1 atom stereocenters. The Bertz CT molecular complexity index is 919. The summed E-state index contributed by atoms with van der Waals surface area (Å²) in [6.07, 6.45) is 7.48. The summed E-state index contributed by atoms with van der Waals surface area (Å²) in [6.45, 7) is 3.61. The first kappa shape index (κ1) is 21.6. The van der Waals surface area contributed by atoms with Gasteiger partial charge in [0.25, 0.3) is 0 Å².